The molecule has 3 heteroatoms. The Bertz CT molecular complexity index is 3610. The number of fused-ring (bicyclic) bond motifs is 13. The molecule has 0 aliphatic heterocycles. The second kappa shape index (κ2) is 13.4. The molecule has 0 amide bonds. The van der Waals surface area contributed by atoms with Crippen LogP contribution in [0.1, 0.15) is 103 Å². The van der Waals surface area contributed by atoms with Crippen molar-refractivity contribution < 1.29 is 8.83 Å². The fraction of sp³-hybridized carbons (Fsp3) is 0.226. The van der Waals surface area contributed by atoms with Crippen LogP contribution in [0, 0.1) is 0 Å². The maximum Gasteiger partial charge on any atom is 0.143 e. The standard InChI is InChI=1S/C62H55NO2/c1-59(2,3)37-32-47-56-54(65-58(47)52(33-37)60(4,5)6)31-30-49-55(56)46-29-27-40(35-51(46)62(49,9)10)63(39-26-28-43-42-16-11-13-20-48(42)61(7,8)50(43)34-39)38-24-22-36(23-25-38)41-18-15-19-45-44-17-12-14-21-53(44)64-57(41)45/h11-35H,1-10H3. The molecule has 0 radical (unpaired) electrons. The fourth-order valence-electron chi connectivity index (χ4n) is 11.4. The summed E-state index contributed by atoms with van der Waals surface area (Å²) in [6.07, 6.45) is 0. The Morgan fingerprint density at radius 3 is 1.75 bits per heavy atom. The number of hydrogen-bond donors (Lipinski definition) is 0. The predicted octanol–water partition coefficient (Wildman–Crippen LogP) is 17.8. The molecule has 3 nitrogen and oxygen atoms in total. The topological polar surface area (TPSA) is 29.5 Å². The molecule has 0 N–H and O–H groups in total. The van der Waals surface area contributed by atoms with Gasteiger partial charge in [0.15, 0.2) is 0 Å². The minimum atomic E-state index is -0.255. The van der Waals surface area contributed by atoms with E-state index in [0.29, 0.717) is 0 Å². The normalized spacial score (nSPS) is 14.9. The van der Waals surface area contributed by atoms with Gasteiger partial charge in [0.2, 0.25) is 0 Å². The first kappa shape index (κ1) is 39.7. The Kier molecular flexibility index (Phi) is 8.17. The molecule has 65 heavy (non-hydrogen) atoms. The molecule has 0 saturated carbocycles. The molecule has 0 spiro atoms. The van der Waals surface area contributed by atoms with Crippen LogP contribution >= 0.6 is 0 Å². The quantitative estimate of drug-likeness (QED) is 0.177. The van der Waals surface area contributed by atoms with Crippen LogP contribution < -0.4 is 4.90 Å². The smallest absolute Gasteiger partial charge is 0.143 e. The minimum Gasteiger partial charge on any atom is -0.456 e. The van der Waals surface area contributed by atoms with Gasteiger partial charge in [0, 0.05) is 60.6 Å². The highest BCUT2D eigenvalue weighted by molar-refractivity contribution is 6.16. The first-order chi connectivity index (χ1) is 31.0. The van der Waals surface area contributed by atoms with Crippen LogP contribution in [0.3, 0.4) is 0 Å². The van der Waals surface area contributed by atoms with Gasteiger partial charge in [-0.1, -0.05) is 166 Å². The fourth-order valence-corrected chi connectivity index (χ4v) is 11.4. The van der Waals surface area contributed by atoms with Crippen molar-refractivity contribution in [2.24, 2.45) is 0 Å². The Morgan fingerprint density at radius 1 is 0.415 bits per heavy atom. The van der Waals surface area contributed by atoms with E-state index in [1.807, 2.05) is 6.07 Å². The van der Waals surface area contributed by atoms with Crippen molar-refractivity contribution >= 4 is 60.9 Å². The highest BCUT2D eigenvalue weighted by Crippen LogP contribution is 2.56. The van der Waals surface area contributed by atoms with Gasteiger partial charge in [-0.05, 0) is 121 Å². The molecular formula is C62H55NO2. The van der Waals surface area contributed by atoms with Crippen molar-refractivity contribution in [1.82, 2.24) is 0 Å². The predicted molar refractivity (Wildman–Crippen MR) is 274 cm³/mol. The van der Waals surface area contributed by atoms with Gasteiger partial charge in [-0.2, -0.15) is 0 Å². The SMILES string of the molecule is CC(C)(C)c1cc(C(C)(C)C)c2oc3ccc4c(c3c2c1)-c1ccc(N(c2ccc(-c3cccc5c3oc3ccccc35)cc2)c2ccc3c(c2)C(C)(C)c2ccccc2-3)cc1C4(C)C. The number of hydrogen-bond acceptors (Lipinski definition) is 3. The molecule has 0 unspecified atom stereocenters. The maximum atomic E-state index is 6.91. The summed E-state index contributed by atoms with van der Waals surface area (Å²) in [7, 11) is 0. The van der Waals surface area contributed by atoms with Crippen molar-refractivity contribution in [3.05, 3.63) is 185 Å². The summed E-state index contributed by atoms with van der Waals surface area (Å²) in [5.74, 6) is 0. The lowest BCUT2D eigenvalue weighted by molar-refractivity contribution is 0.559. The molecule has 8 aromatic carbocycles. The summed E-state index contributed by atoms with van der Waals surface area (Å²) < 4.78 is 13.4. The lowest BCUT2D eigenvalue weighted by atomic mass is 9.79. The van der Waals surface area contributed by atoms with Gasteiger partial charge in [0.1, 0.15) is 22.3 Å². The van der Waals surface area contributed by atoms with Crippen molar-refractivity contribution in [3.63, 3.8) is 0 Å². The Balaban J connectivity index is 1.04. The molecule has 320 valence electrons. The van der Waals surface area contributed by atoms with Gasteiger partial charge >= 0.3 is 0 Å². The van der Waals surface area contributed by atoms with Gasteiger partial charge < -0.3 is 13.7 Å². The lowest BCUT2D eigenvalue weighted by Gasteiger charge is -2.30. The molecule has 0 fully saturated rings. The highest BCUT2D eigenvalue weighted by Gasteiger charge is 2.40. The molecule has 0 atom stereocenters. The second-order valence-electron chi connectivity index (χ2n) is 21.8. The van der Waals surface area contributed by atoms with Crippen LogP contribution in [0.5, 0.6) is 0 Å². The van der Waals surface area contributed by atoms with E-state index in [9.17, 15) is 0 Å². The van der Waals surface area contributed by atoms with Gasteiger partial charge in [-0.15, -0.1) is 0 Å². The Morgan fingerprint density at radius 2 is 1.02 bits per heavy atom. The number of nitrogens with zero attached hydrogens (tertiary/aromatic N) is 1. The number of para-hydroxylation sites is 2. The van der Waals surface area contributed by atoms with Crippen LogP contribution in [-0.2, 0) is 21.7 Å². The number of benzene rings is 8. The molecular weight excluding hydrogens is 791 g/mol. The van der Waals surface area contributed by atoms with Crippen molar-refractivity contribution in [3.8, 4) is 33.4 Å². The van der Waals surface area contributed by atoms with E-state index in [1.54, 1.807) is 0 Å². The first-order valence-corrected chi connectivity index (χ1v) is 23.2. The number of rotatable bonds is 4. The highest BCUT2D eigenvalue weighted by atomic mass is 16.3. The van der Waals surface area contributed by atoms with Crippen molar-refractivity contribution in [2.45, 2.75) is 90.9 Å². The van der Waals surface area contributed by atoms with E-state index in [1.165, 1.54) is 66.4 Å². The molecule has 2 aliphatic rings. The van der Waals surface area contributed by atoms with Crippen molar-refractivity contribution in [2.75, 3.05) is 4.90 Å². The summed E-state index contributed by atoms with van der Waals surface area (Å²) in [6.45, 7) is 23.4. The zero-order chi connectivity index (χ0) is 44.9. The summed E-state index contributed by atoms with van der Waals surface area (Å²) in [5, 5.41) is 4.71. The number of anilines is 3. The molecule has 2 aromatic heterocycles. The van der Waals surface area contributed by atoms with E-state index < -0.39 is 0 Å². The average molecular weight is 846 g/mol. The van der Waals surface area contributed by atoms with E-state index in [4.69, 9.17) is 8.83 Å². The third-order valence-corrected chi connectivity index (χ3v) is 15.0. The molecule has 0 saturated heterocycles. The molecule has 12 rings (SSSR count). The van der Waals surface area contributed by atoms with Gasteiger partial charge in [0.05, 0.1) is 0 Å². The van der Waals surface area contributed by atoms with Gasteiger partial charge in [0.25, 0.3) is 0 Å². The first-order valence-electron chi connectivity index (χ1n) is 23.2. The third-order valence-electron chi connectivity index (χ3n) is 15.0. The average Bonchev–Trinajstić information content (AvgIpc) is 3.98. The zero-order valence-electron chi connectivity index (χ0n) is 39.2. The van der Waals surface area contributed by atoms with E-state index in [-0.39, 0.29) is 21.7 Å². The zero-order valence-corrected chi connectivity index (χ0v) is 39.2. The Labute approximate surface area is 382 Å². The van der Waals surface area contributed by atoms with Crippen LogP contribution in [0.15, 0.2) is 160 Å². The summed E-state index contributed by atoms with van der Waals surface area (Å²) in [6, 6.07) is 56.3. The van der Waals surface area contributed by atoms with E-state index in [2.05, 4.69) is 220 Å². The summed E-state index contributed by atoms with van der Waals surface area (Å²) >= 11 is 0. The summed E-state index contributed by atoms with van der Waals surface area (Å²) in [5.41, 5.74) is 22.1. The van der Waals surface area contributed by atoms with Crippen LogP contribution in [-0.4, -0.2) is 0 Å². The number of furan rings is 2. The maximum absolute atomic E-state index is 6.91. The van der Waals surface area contributed by atoms with E-state index >= 15 is 0 Å². The largest absolute Gasteiger partial charge is 0.456 e. The molecule has 10 aromatic rings. The van der Waals surface area contributed by atoms with E-state index in [0.717, 1.165) is 61.3 Å². The van der Waals surface area contributed by atoms with Crippen LogP contribution in [0.4, 0.5) is 17.1 Å². The minimum absolute atomic E-state index is 0.0141. The second-order valence-corrected chi connectivity index (χ2v) is 21.8. The monoisotopic (exact) mass is 845 g/mol. The van der Waals surface area contributed by atoms with Crippen LogP contribution in [0.25, 0.3) is 77.3 Å². The third kappa shape index (κ3) is 5.73. The van der Waals surface area contributed by atoms with Gasteiger partial charge in [-0.3, -0.25) is 0 Å². The summed E-state index contributed by atoms with van der Waals surface area (Å²) in [4.78, 5) is 2.46. The molecule has 2 aliphatic carbocycles. The van der Waals surface area contributed by atoms with Crippen LogP contribution in [0.2, 0.25) is 0 Å². The van der Waals surface area contributed by atoms with Gasteiger partial charge in [-0.25, -0.2) is 0 Å². The Hall–Kier alpha value is -6.84. The van der Waals surface area contributed by atoms with Crippen molar-refractivity contribution in [1.29, 1.82) is 0 Å². The lowest BCUT2D eigenvalue weighted by Crippen LogP contribution is -2.18. The molecule has 0 bridgehead atoms. The molecule has 2 heterocycles.